The van der Waals surface area contributed by atoms with Crippen molar-refractivity contribution in [3.05, 3.63) is 45.3 Å². The number of rotatable bonds is 4. The molecular weight excluding hydrogens is 384 g/mol. The van der Waals surface area contributed by atoms with Crippen LogP contribution in [0.2, 0.25) is 10.2 Å². The smallest absolute Gasteiger partial charge is 0.161 e. The van der Waals surface area contributed by atoms with E-state index in [0.29, 0.717) is 40.0 Å². The Morgan fingerprint density at radius 3 is 3.00 bits per heavy atom. The van der Waals surface area contributed by atoms with E-state index < -0.39 is 11.7 Å². The zero-order valence-electron chi connectivity index (χ0n) is 13.2. The Hall–Kier alpha value is -1.34. The molecule has 4 nitrogen and oxygen atoms in total. The molecule has 0 amide bonds. The molecule has 0 saturated heterocycles. The molecule has 0 spiro atoms. The van der Waals surface area contributed by atoms with Gasteiger partial charge in [0, 0.05) is 12.1 Å². The standard InChI is InChI=1S/C17H16Cl2FN3OS/c18-12-7-10(22-8-9-3-2-6-24-9)15-14(23-12)13(19)16(25-15)17(20)5-1-4-11(17)21/h2-3,6-7,11H,1,4-5,8,21H2,(H,22,23)/t11-,17+/m0/s1. The van der Waals surface area contributed by atoms with Crippen molar-refractivity contribution in [2.24, 2.45) is 5.73 Å². The second-order valence-corrected chi connectivity index (χ2v) is 8.00. The Kier molecular flexibility index (Phi) is 4.40. The van der Waals surface area contributed by atoms with Crippen molar-refractivity contribution >= 4 is 50.4 Å². The van der Waals surface area contributed by atoms with Crippen LogP contribution in [0.25, 0.3) is 10.2 Å². The molecule has 132 valence electrons. The van der Waals surface area contributed by atoms with E-state index in [1.165, 1.54) is 11.3 Å². The van der Waals surface area contributed by atoms with Gasteiger partial charge in [0.1, 0.15) is 16.4 Å². The predicted molar refractivity (Wildman–Crippen MR) is 100 cm³/mol. The molecule has 0 bridgehead atoms. The van der Waals surface area contributed by atoms with Gasteiger partial charge in [-0.25, -0.2) is 9.37 Å². The molecule has 0 aliphatic heterocycles. The van der Waals surface area contributed by atoms with E-state index in [0.717, 1.165) is 22.6 Å². The minimum absolute atomic E-state index is 0.296. The molecule has 1 fully saturated rings. The van der Waals surface area contributed by atoms with Gasteiger partial charge in [0.25, 0.3) is 0 Å². The van der Waals surface area contributed by atoms with Crippen LogP contribution in [0.5, 0.6) is 0 Å². The third-order valence-corrected chi connectivity index (χ3v) is 6.65. The van der Waals surface area contributed by atoms with E-state index in [-0.39, 0.29) is 0 Å². The number of furan rings is 1. The number of aromatic nitrogens is 1. The van der Waals surface area contributed by atoms with E-state index in [2.05, 4.69) is 10.3 Å². The van der Waals surface area contributed by atoms with E-state index in [1.54, 1.807) is 12.3 Å². The maximum absolute atomic E-state index is 15.5. The number of thiophene rings is 1. The first-order valence-corrected chi connectivity index (χ1v) is 9.56. The highest BCUT2D eigenvalue weighted by molar-refractivity contribution is 7.20. The number of pyridine rings is 1. The van der Waals surface area contributed by atoms with Crippen molar-refractivity contribution in [1.29, 1.82) is 0 Å². The Balaban J connectivity index is 1.78. The van der Waals surface area contributed by atoms with Crippen molar-refractivity contribution < 1.29 is 8.81 Å². The van der Waals surface area contributed by atoms with Crippen LogP contribution in [0.1, 0.15) is 29.9 Å². The molecule has 8 heteroatoms. The van der Waals surface area contributed by atoms with E-state index in [9.17, 15) is 0 Å². The molecule has 0 aromatic carbocycles. The van der Waals surface area contributed by atoms with Crippen LogP contribution in [0.15, 0.2) is 28.9 Å². The summed E-state index contributed by atoms with van der Waals surface area (Å²) in [6.07, 6.45) is 3.39. The van der Waals surface area contributed by atoms with Crippen LogP contribution < -0.4 is 11.1 Å². The van der Waals surface area contributed by atoms with Gasteiger partial charge >= 0.3 is 0 Å². The lowest BCUT2D eigenvalue weighted by atomic mass is 9.98. The number of anilines is 1. The van der Waals surface area contributed by atoms with Crippen molar-refractivity contribution in [2.75, 3.05) is 5.32 Å². The van der Waals surface area contributed by atoms with Gasteiger partial charge < -0.3 is 15.5 Å². The average molecular weight is 400 g/mol. The molecule has 3 aromatic heterocycles. The first-order chi connectivity index (χ1) is 12.0. The van der Waals surface area contributed by atoms with Gasteiger partial charge in [0.2, 0.25) is 0 Å². The summed E-state index contributed by atoms with van der Waals surface area (Å²) >= 11 is 13.9. The zero-order chi connectivity index (χ0) is 17.6. The number of fused-ring (bicyclic) bond motifs is 1. The lowest BCUT2D eigenvalue weighted by molar-refractivity contribution is 0.155. The summed E-state index contributed by atoms with van der Waals surface area (Å²) in [4.78, 5) is 4.75. The number of nitrogens with one attached hydrogen (secondary N) is 1. The van der Waals surface area contributed by atoms with Crippen molar-refractivity contribution in [2.45, 2.75) is 37.5 Å². The molecule has 1 saturated carbocycles. The number of alkyl halides is 1. The highest BCUT2D eigenvalue weighted by Crippen LogP contribution is 2.51. The normalized spacial score (nSPS) is 23.4. The molecule has 4 rings (SSSR count). The molecule has 0 radical (unpaired) electrons. The van der Waals surface area contributed by atoms with Crippen LogP contribution >= 0.6 is 34.5 Å². The summed E-state index contributed by atoms with van der Waals surface area (Å²) in [5, 5.41) is 3.87. The number of hydrogen-bond acceptors (Lipinski definition) is 5. The van der Waals surface area contributed by atoms with Crippen LogP contribution in [0.3, 0.4) is 0 Å². The maximum Gasteiger partial charge on any atom is 0.161 e. The van der Waals surface area contributed by atoms with Gasteiger partial charge in [0.15, 0.2) is 5.67 Å². The SMILES string of the molecule is N[C@H]1CCC[C@]1(F)c1sc2c(NCc3ccco3)cc(Cl)nc2c1Cl. The maximum atomic E-state index is 15.5. The summed E-state index contributed by atoms with van der Waals surface area (Å²) in [5.41, 5.74) is 5.68. The van der Waals surface area contributed by atoms with Gasteiger partial charge in [0.05, 0.1) is 33.1 Å². The highest BCUT2D eigenvalue weighted by atomic mass is 35.5. The largest absolute Gasteiger partial charge is 0.467 e. The fraction of sp³-hybridized carbons (Fsp3) is 0.353. The second kappa shape index (κ2) is 6.43. The highest BCUT2D eigenvalue weighted by Gasteiger charge is 2.46. The summed E-state index contributed by atoms with van der Waals surface area (Å²) in [6.45, 7) is 0.480. The topological polar surface area (TPSA) is 64.1 Å². The lowest BCUT2D eigenvalue weighted by Gasteiger charge is -2.23. The van der Waals surface area contributed by atoms with E-state index >= 15 is 4.39 Å². The summed E-state index contributed by atoms with van der Waals surface area (Å²) in [7, 11) is 0. The molecular formula is C17H16Cl2FN3OS. The Morgan fingerprint density at radius 1 is 1.48 bits per heavy atom. The van der Waals surface area contributed by atoms with Crippen LogP contribution in [0, 0.1) is 0 Å². The minimum atomic E-state index is -1.60. The lowest BCUT2D eigenvalue weighted by Crippen LogP contribution is -2.36. The molecule has 1 aliphatic rings. The van der Waals surface area contributed by atoms with Crippen LogP contribution in [-0.4, -0.2) is 11.0 Å². The Morgan fingerprint density at radius 2 is 2.32 bits per heavy atom. The number of nitrogens with two attached hydrogens (primary N) is 1. The second-order valence-electron chi connectivity index (χ2n) is 6.21. The molecule has 1 aliphatic carbocycles. The predicted octanol–water partition coefficient (Wildman–Crippen LogP) is 5.48. The van der Waals surface area contributed by atoms with E-state index in [1.807, 2.05) is 12.1 Å². The van der Waals surface area contributed by atoms with Crippen molar-refractivity contribution in [3.8, 4) is 0 Å². The van der Waals surface area contributed by atoms with Gasteiger partial charge in [-0.3, -0.25) is 0 Å². The molecule has 2 atom stereocenters. The molecule has 3 N–H and O–H groups in total. The number of halogens is 3. The zero-order valence-corrected chi connectivity index (χ0v) is 15.5. The van der Waals surface area contributed by atoms with Crippen molar-refractivity contribution in [3.63, 3.8) is 0 Å². The quantitative estimate of drug-likeness (QED) is 0.569. The molecule has 25 heavy (non-hydrogen) atoms. The van der Waals surface area contributed by atoms with Crippen LogP contribution in [0.4, 0.5) is 10.1 Å². The first kappa shape index (κ1) is 17.1. The summed E-state index contributed by atoms with van der Waals surface area (Å²) in [6, 6.07) is 4.85. The Bertz CT molecular complexity index is 914. The molecule has 0 unspecified atom stereocenters. The van der Waals surface area contributed by atoms with Gasteiger partial charge in [-0.2, -0.15) is 0 Å². The first-order valence-electron chi connectivity index (χ1n) is 7.99. The number of hydrogen-bond donors (Lipinski definition) is 2. The fourth-order valence-corrected chi connectivity index (χ4v) is 5.24. The summed E-state index contributed by atoms with van der Waals surface area (Å²) < 4.78 is 21.6. The average Bonchev–Trinajstić information content (AvgIpc) is 3.28. The monoisotopic (exact) mass is 399 g/mol. The van der Waals surface area contributed by atoms with Gasteiger partial charge in [-0.1, -0.05) is 23.2 Å². The third-order valence-electron chi connectivity index (χ3n) is 4.61. The van der Waals surface area contributed by atoms with Gasteiger partial charge in [-0.15, -0.1) is 11.3 Å². The van der Waals surface area contributed by atoms with E-state index in [4.69, 9.17) is 33.4 Å². The Labute approximate surface area is 158 Å². The van der Waals surface area contributed by atoms with Crippen molar-refractivity contribution in [1.82, 2.24) is 4.98 Å². The molecule has 3 heterocycles. The number of nitrogens with zero attached hydrogens (tertiary/aromatic N) is 1. The fourth-order valence-electron chi connectivity index (χ4n) is 3.28. The van der Waals surface area contributed by atoms with Gasteiger partial charge in [-0.05, 0) is 31.4 Å². The third kappa shape index (κ3) is 2.91. The van der Waals surface area contributed by atoms with Crippen LogP contribution in [-0.2, 0) is 12.2 Å². The molecule has 3 aromatic rings. The minimum Gasteiger partial charge on any atom is -0.467 e. The summed E-state index contributed by atoms with van der Waals surface area (Å²) in [5.74, 6) is 0.781.